The molecule has 0 fully saturated rings. The molecule has 0 atom stereocenters. The Morgan fingerprint density at radius 3 is 2.91 bits per heavy atom. The SMILES string of the molecule is CN(/C=C\CC#Cc1cnccn1)c1cc(F)cc(C#N)c1. The van der Waals surface area contributed by atoms with Gasteiger partial charge in [-0.15, -0.1) is 0 Å². The Hall–Kier alpha value is -3.18. The first-order valence-electron chi connectivity index (χ1n) is 6.54. The number of anilines is 1. The normalized spacial score (nSPS) is 9.86. The molecule has 0 aliphatic carbocycles. The molecule has 0 spiro atoms. The lowest BCUT2D eigenvalue weighted by Gasteiger charge is -2.14. The average Bonchev–Trinajstić information content (AvgIpc) is 2.54. The summed E-state index contributed by atoms with van der Waals surface area (Å²) < 4.78 is 13.4. The lowest BCUT2D eigenvalue weighted by Crippen LogP contribution is -2.08. The zero-order valence-corrected chi connectivity index (χ0v) is 12.0. The first kappa shape index (κ1) is 15.2. The third-order valence-electron chi connectivity index (χ3n) is 2.75. The molecule has 1 heterocycles. The fraction of sp³-hybridized carbons (Fsp3) is 0.118. The third-order valence-corrected chi connectivity index (χ3v) is 2.75. The van der Waals surface area contributed by atoms with Gasteiger partial charge in [-0.25, -0.2) is 9.37 Å². The molecule has 0 saturated heterocycles. The van der Waals surface area contributed by atoms with Crippen LogP contribution in [0.1, 0.15) is 17.7 Å². The highest BCUT2D eigenvalue weighted by Gasteiger charge is 2.02. The summed E-state index contributed by atoms with van der Waals surface area (Å²) in [6, 6.07) is 6.13. The number of aromatic nitrogens is 2. The van der Waals surface area contributed by atoms with Crippen molar-refractivity contribution in [2.75, 3.05) is 11.9 Å². The van der Waals surface area contributed by atoms with Gasteiger partial charge in [-0.1, -0.05) is 12.0 Å². The molecule has 0 unspecified atom stereocenters. The predicted octanol–water partition coefficient (Wildman–Crippen LogP) is 2.88. The first-order valence-corrected chi connectivity index (χ1v) is 6.54. The van der Waals surface area contributed by atoms with Crippen LogP contribution in [0, 0.1) is 29.0 Å². The van der Waals surface area contributed by atoms with Crippen molar-refractivity contribution in [3.05, 3.63) is 66.1 Å². The van der Waals surface area contributed by atoms with Crippen molar-refractivity contribution in [2.24, 2.45) is 0 Å². The molecule has 0 aliphatic rings. The van der Waals surface area contributed by atoms with E-state index in [1.807, 2.05) is 12.1 Å². The van der Waals surface area contributed by atoms with Crippen molar-refractivity contribution >= 4 is 5.69 Å². The quantitative estimate of drug-likeness (QED) is 0.816. The van der Waals surface area contributed by atoms with Gasteiger partial charge in [0.2, 0.25) is 0 Å². The van der Waals surface area contributed by atoms with Crippen molar-refractivity contribution in [1.29, 1.82) is 5.26 Å². The molecule has 4 nitrogen and oxygen atoms in total. The Morgan fingerprint density at radius 2 is 2.18 bits per heavy atom. The first-order chi connectivity index (χ1) is 10.7. The van der Waals surface area contributed by atoms with Crippen LogP contribution in [0.3, 0.4) is 0 Å². The summed E-state index contributed by atoms with van der Waals surface area (Å²) in [4.78, 5) is 9.70. The van der Waals surface area contributed by atoms with Gasteiger partial charge >= 0.3 is 0 Å². The number of nitriles is 1. The maximum atomic E-state index is 13.4. The van der Waals surface area contributed by atoms with Crippen LogP contribution >= 0.6 is 0 Å². The van der Waals surface area contributed by atoms with Gasteiger partial charge in [0.25, 0.3) is 0 Å². The third kappa shape index (κ3) is 4.43. The molecule has 2 rings (SSSR count). The summed E-state index contributed by atoms with van der Waals surface area (Å²) in [6.07, 6.45) is 8.93. The van der Waals surface area contributed by atoms with Gasteiger partial charge in [-0.2, -0.15) is 5.26 Å². The Balaban J connectivity index is 1.98. The van der Waals surface area contributed by atoms with E-state index in [9.17, 15) is 4.39 Å². The highest BCUT2D eigenvalue weighted by Crippen LogP contribution is 2.17. The van der Waals surface area contributed by atoms with E-state index in [1.165, 1.54) is 12.1 Å². The molecular formula is C17H13FN4. The lowest BCUT2D eigenvalue weighted by atomic mass is 10.2. The summed E-state index contributed by atoms with van der Waals surface area (Å²) in [6.45, 7) is 0. The molecule has 0 aliphatic heterocycles. The number of hydrogen-bond acceptors (Lipinski definition) is 4. The van der Waals surface area contributed by atoms with E-state index >= 15 is 0 Å². The molecule has 108 valence electrons. The van der Waals surface area contributed by atoms with Gasteiger partial charge in [0, 0.05) is 37.7 Å². The van der Waals surface area contributed by atoms with Gasteiger partial charge in [0.15, 0.2) is 0 Å². The topological polar surface area (TPSA) is 52.8 Å². The van der Waals surface area contributed by atoms with E-state index in [4.69, 9.17) is 5.26 Å². The second kappa shape index (κ2) is 7.56. The zero-order chi connectivity index (χ0) is 15.8. The van der Waals surface area contributed by atoms with E-state index in [2.05, 4.69) is 21.8 Å². The van der Waals surface area contributed by atoms with E-state index in [0.29, 0.717) is 17.8 Å². The molecular weight excluding hydrogens is 279 g/mol. The summed E-state index contributed by atoms with van der Waals surface area (Å²) in [5.74, 6) is 5.41. The lowest BCUT2D eigenvalue weighted by molar-refractivity contribution is 0.627. The molecule has 22 heavy (non-hydrogen) atoms. The van der Waals surface area contributed by atoms with Gasteiger partial charge < -0.3 is 4.90 Å². The van der Waals surface area contributed by atoms with Gasteiger partial charge in [0.05, 0.1) is 17.8 Å². The van der Waals surface area contributed by atoms with Crippen molar-refractivity contribution in [1.82, 2.24) is 9.97 Å². The van der Waals surface area contributed by atoms with Crippen LogP contribution < -0.4 is 4.90 Å². The van der Waals surface area contributed by atoms with Crippen LogP contribution in [0.5, 0.6) is 0 Å². The number of allylic oxidation sites excluding steroid dienone is 1. The van der Waals surface area contributed by atoms with Gasteiger partial charge in [-0.3, -0.25) is 4.98 Å². The molecule has 1 aromatic heterocycles. The summed E-state index contributed by atoms with van der Waals surface area (Å²) in [5, 5.41) is 8.84. The zero-order valence-electron chi connectivity index (χ0n) is 12.0. The molecule has 0 amide bonds. The molecule has 1 aromatic carbocycles. The van der Waals surface area contributed by atoms with Gasteiger partial charge in [-0.05, 0) is 24.1 Å². The predicted molar refractivity (Wildman–Crippen MR) is 82.2 cm³/mol. The summed E-state index contributed by atoms with van der Waals surface area (Å²) >= 11 is 0. The van der Waals surface area contributed by atoms with E-state index in [-0.39, 0.29) is 5.56 Å². The Labute approximate surface area is 128 Å². The minimum atomic E-state index is -0.434. The van der Waals surface area contributed by atoms with Crippen molar-refractivity contribution in [2.45, 2.75) is 6.42 Å². The maximum absolute atomic E-state index is 13.4. The van der Waals surface area contributed by atoms with Crippen molar-refractivity contribution in [3.63, 3.8) is 0 Å². The summed E-state index contributed by atoms with van der Waals surface area (Å²) in [7, 11) is 1.78. The molecule has 5 heteroatoms. The highest BCUT2D eigenvalue weighted by atomic mass is 19.1. The highest BCUT2D eigenvalue weighted by molar-refractivity contribution is 5.53. The number of rotatable bonds is 3. The smallest absolute Gasteiger partial charge is 0.131 e. The minimum Gasteiger partial charge on any atom is -0.351 e. The van der Waals surface area contributed by atoms with Crippen LogP contribution in [0.25, 0.3) is 0 Å². The Bertz CT molecular complexity index is 767. The standard InChI is InChI=1S/C17H13FN4/c1-22(17-10-14(12-19)9-15(18)11-17)8-4-2-3-5-16-13-20-6-7-21-16/h4,6-11,13H,2H2,1H3/b8-4-. The van der Waals surface area contributed by atoms with Crippen LogP contribution in [0.2, 0.25) is 0 Å². The maximum Gasteiger partial charge on any atom is 0.131 e. The largest absolute Gasteiger partial charge is 0.351 e. The Morgan fingerprint density at radius 1 is 1.32 bits per heavy atom. The van der Waals surface area contributed by atoms with Crippen molar-refractivity contribution < 1.29 is 4.39 Å². The monoisotopic (exact) mass is 292 g/mol. The molecule has 0 saturated carbocycles. The molecule has 0 radical (unpaired) electrons. The molecule has 0 N–H and O–H groups in total. The van der Waals surface area contributed by atoms with E-state index in [0.717, 1.165) is 0 Å². The van der Waals surface area contributed by atoms with E-state index < -0.39 is 5.82 Å². The van der Waals surface area contributed by atoms with Crippen LogP contribution in [0.4, 0.5) is 10.1 Å². The van der Waals surface area contributed by atoms with Crippen molar-refractivity contribution in [3.8, 4) is 17.9 Å². The fourth-order valence-electron chi connectivity index (χ4n) is 1.70. The molecule has 2 aromatic rings. The molecule has 0 bridgehead atoms. The minimum absolute atomic E-state index is 0.290. The number of benzene rings is 1. The number of halogens is 1. The Kier molecular flexibility index (Phi) is 5.23. The second-order valence-corrected chi connectivity index (χ2v) is 4.40. The number of nitrogens with zero attached hydrogens (tertiary/aromatic N) is 4. The average molecular weight is 292 g/mol. The number of hydrogen-bond donors (Lipinski definition) is 0. The summed E-state index contributed by atoms with van der Waals surface area (Å²) in [5.41, 5.74) is 1.51. The van der Waals surface area contributed by atoms with Crippen LogP contribution in [-0.2, 0) is 0 Å². The second-order valence-electron chi connectivity index (χ2n) is 4.40. The van der Waals surface area contributed by atoms with Crippen LogP contribution in [-0.4, -0.2) is 17.0 Å². The van der Waals surface area contributed by atoms with Gasteiger partial charge in [0.1, 0.15) is 11.5 Å². The van der Waals surface area contributed by atoms with Crippen LogP contribution in [0.15, 0.2) is 49.1 Å². The van der Waals surface area contributed by atoms with E-state index in [1.54, 1.807) is 42.8 Å². The fourth-order valence-corrected chi connectivity index (χ4v) is 1.70.